The topological polar surface area (TPSA) is 108 Å². The Bertz CT molecular complexity index is 1070. The van der Waals surface area contributed by atoms with E-state index in [1.54, 1.807) is 23.1 Å². The second-order valence-electron chi connectivity index (χ2n) is 7.10. The highest BCUT2D eigenvalue weighted by molar-refractivity contribution is 7.89. The number of nitrogens with zero attached hydrogens (tertiary/aromatic N) is 6. The molecule has 0 bridgehead atoms. The van der Waals surface area contributed by atoms with Gasteiger partial charge < -0.3 is 4.90 Å². The lowest BCUT2D eigenvalue weighted by molar-refractivity contribution is -0.130. The van der Waals surface area contributed by atoms with Gasteiger partial charge in [0, 0.05) is 25.2 Å². The summed E-state index contributed by atoms with van der Waals surface area (Å²) in [5.74, 6) is -0.139. The van der Waals surface area contributed by atoms with Crippen LogP contribution in [-0.4, -0.2) is 64.0 Å². The third-order valence-corrected chi connectivity index (χ3v) is 7.40. The largest absolute Gasteiger partial charge is 0.336 e. The van der Waals surface area contributed by atoms with Gasteiger partial charge in [0.05, 0.1) is 34.9 Å². The van der Waals surface area contributed by atoms with Crippen LogP contribution < -0.4 is 0 Å². The Kier molecular flexibility index (Phi) is 4.32. The average Bonchev–Trinajstić information content (AvgIpc) is 3.30. The zero-order chi connectivity index (χ0) is 19.2. The predicted octanol–water partition coefficient (Wildman–Crippen LogP) is 1.65. The van der Waals surface area contributed by atoms with Crippen molar-refractivity contribution in [1.82, 2.24) is 18.0 Å². The maximum atomic E-state index is 13.2. The van der Waals surface area contributed by atoms with E-state index in [2.05, 4.69) is 19.0 Å². The quantitative estimate of drug-likeness (QED) is 0.770. The van der Waals surface area contributed by atoms with E-state index in [0.717, 1.165) is 11.7 Å². The van der Waals surface area contributed by atoms with Crippen LogP contribution in [0.2, 0.25) is 0 Å². The third kappa shape index (κ3) is 3.15. The molecule has 2 aliphatic rings. The van der Waals surface area contributed by atoms with Gasteiger partial charge in [-0.3, -0.25) is 4.79 Å². The van der Waals surface area contributed by atoms with Gasteiger partial charge in [-0.05, 0) is 32.0 Å². The summed E-state index contributed by atoms with van der Waals surface area (Å²) in [4.78, 5) is 14.4. The van der Waals surface area contributed by atoms with Gasteiger partial charge in [-0.1, -0.05) is 0 Å². The number of benzene rings is 1. The maximum Gasteiger partial charge on any atom is 0.253 e. The summed E-state index contributed by atoms with van der Waals surface area (Å²) in [5.41, 5.74) is 1.02. The fraction of sp³-hybridized carbons (Fsp3) is 0.438. The summed E-state index contributed by atoms with van der Waals surface area (Å²) >= 11 is 1.05. The smallest absolute Gasteiger partial charge is 0.253 e. The van der Waals surface area contributed by atoms with Crippen LogP contribution in [0, 0.1) is 0 Å². The number of hydrogen-bond acceptors (Lipinski definition) is 8. The molecule has 2 aliphatic heterocycles. The molecule has 27 heavy (non-hydrogen) atoms. The first kappa shape index (κ1) is 18.1. The molecule has 0 aliphatic carbocycles. The number of sulfonamides is 1. The van der Waals surface area contributed by atoms with Gasteiger partial charge in [0.25, 0.3) is 5.91 Å². The van der Waals surface area contributed by atoms with E-state index in [0.29, 0.717) is 29.7 Å². The minimum Gasteiger partial charge on any atom is -0.336 e. The van der Waals surface area contributed by atoms with Crippen LogP contribution >= 0.6 is 11.7 Å². The number of hydrogen-bond donors (Lipinski definition) is 0. The van der Waals surface area contributed by atoms with Crippen molar-refractivity contribution in [1.29, 1.82) is 0 Å². The van der Waals surface area contributed by atoms with Crippen LogP contribution in [0.25, 0.3) is 11.0 Å². The molecule has 4 rings (SSSR count). The first-order valence-electron chi connectivity index (χ1n) is 8.39. The molecule has 0 radical (unpaired) electrons. The lowest BCUT2D eigenvalue weighted by Gasteiger charge is -2.46. The Morgan fingerprint density at radius 2 is 1.96 bits per heavy atom. The second-order valence-corrected chi connectivity index (χ2v) is 9.49. The molecule has 3 heterocycles. The number of carbonyl (C=O) groups excluding carboxylic acids is 1. The van der Waals surface area contributed by atoms with Gasteiger partial charge >= 0.3 is 0 Å². The SMILES string of the molecule is CC1(C)CN(C(=O)C2=CN=NC2)CCN1S(=O)(=O)c1ccc2nsnc2c1. The van der Waals surface area contributed by atoms with E-state index >= 15 is 0 Å². The molecule has 0 spiro atoms. The monoisotopic (exact) mass is 406 g/mol. The Hall–Kier alpha value is -2.24. The van der Waals surface area contributed by atoms with Crippen molar-refractivity contribution < 1.29 is 13.2 Å². The van der Waals surface area contributed by atoms with Crippen LogP contribution in [0.4, 0.5) is 0 Å². The third-order valence-electron chi connectivity index (χ3n) is 4.74. The van der Waals surface area contributed by atoms with Crippen LogP contribution in [0.5, 0.6) is 0 Å². The van der Waals surface area contributed by atoms with Crippen molar-refractivity contribution in [3.8, 4) is 0 Å². The van der Waals surface area contributed by atoms with Crippen LogP contribution in [-0.2, 0) is 14.8 Å². The predicted molar refractivity (Wildman–Crippen MR) is 99.8 cm³/mol. The molecule has 142 valence electrons. The Labute approximate surface area is 160 Å². The molecule has 1 fully saturated rings. The highest BCUT2D eigenvalue weighted by Gasteiger charge is 2.43. The van der Waals surface area contributed by atoms with Gasteiger partial charge in [0.1, 0.15) is 11.0 Å². The fourth-order valence-corrected chi connectivity index (χ4v) is 5.70. The number of piperazine rings is 1. The van der Waals surface area contributed by atoms with E-state index in [9.17, 15) is 13.2 Å². The van der Waals surface area contributed by atoms with Crippen LogP contribution in [0.3, 0.4) is 0 Å². The Morgan fingerprint density at radius 1 is 1.19 bits per heavy atom. The number of aromatic nitrogens is 2. The highest BCUT2D eigenvalue weighted by atomic mass is 32.2. The summed E-state index contributed by atoms with van der Waals surface area (Å²) in [6.07, 6.45) is 1.47. The van der Waals surface area contributed by atoms with Gasteiger partial charge in [0.2, 0.25) is 10.0 Å². The number of azo groups is 1. The Morgan fingerprint density at radius 3 is 2.67 bits per heavy atom. The lowest BCUT2D eigenvalue weighted by atomic mass is 10.0. The van der Waals surface area contributed by atoms with Gasteiger partial charge in [0.15, 0.2) is 0 Å². The molecule has 9 nitrogen and oxygen atoms in total. The number of carbonyl (C=O) groups is 1. The van der Waals surface area contributed by atoms with Crippen molar-refractivity contribution >= 4 is 38.7 Å². The van der Waals surface area contributed by atoms with Gasteiger partial charge in [-0.2, -0.15) is 23.3 Å². The first-order valence-corrected chi connectivity index (χ1v) is 10.6. The van der Waals surface area contributed by atoms with Crippen molar-refractivity contribution in [3.05, 3.63) is 30.0 Å². The van der Waals surface area contributed by atoms with E-state index < -0.39 is 15.6 Å². The number of fused-ring (bicyclic) bond motifs is 1. The molecule has 2 aromatic rings. The van der Waals surface area contributed by atoms with Gasteiger partial charge in [-0.25, -0.2) is 8.42 Å². The minimum atomic E-state index is -3.73. The van der Waals surface area contributed by atoms with E-state index in [1.807, 2.05) is 13.8 Å². The molecule has 1 amide bonds. The molecule has 0 saturated carbocycles. The molecular formula is C16H18N6O3S2. The zero-order valence-corrected chi connectivity index (χ0v) is 16.5. The molecule has 1 saturated heterocycles. The molecule has 11 heteroatoms. The van der Waals surface area contributed by atoms with Crippen molar-refractivity contribution in [2.75, 3.05) is 26.2 Å². The summed E-state index contributed by atoms with van der Waals surface area (Å²) in [6.45, 7) is 4.76. The van der Waals surface area contributed by atoms with Crippen molar-refractivity contribution in [2.45, 2.75) is 24.3 Å². The summed E-state index contributed by atoms with van der Waals surface area (Å²) < 4.78 is 36.2. The molecule has 1 aromatic carbocycles. The molecule has 1 aromatic heterocycles. The highest BCUT2D eigenvalue weighted by Crippen LogP contribution is 2.30. The van der Waals surface area contributed by atoms with Gasteiger partial charge in [-0.15, -0.1) is 0 Å². The average molecular weight is 406 g/mol. The first-order chi connectivity index (χ1) is 12.8. The summed E-state index contributed by atoms with van der Waals surface area (Å²) in [6, 6.07) is 4.77. The van der Waals surface area contributed by atoms with Crippen LogP contribution in [0.1, 0.15) is 13.8 Å². The summed E-state index contributed by atoms with van der Waals surface area (Å²) in [7, 11) is -3.73. The fourth-order valence-electron chi connectivity index (χ4n) is 3.40. The van der Waals surface area contributed by atoms with Crippen molar-refractivity contribution in [2.24, 2.45) is 10.2 Å². The Balaban J connectivity index is 1.59. The summed E-state index contributed by atoms with van der Waals surface area (Å²) in [5, 5.41) is 7.53. The van der Waals surface area contributed by atoms with Crippen molar-refractivity contribution in [3.63, 3.8) is 0 Å². The number of rotatable bonds is 3. The zero-order valence-electron chi connectivity index (χ0n) is 14.9. The molecule has 0 atom stereocenters. The van der Waals surface area contributed by atoms with E-state index in [-0.39, 0.29) is 23.9 Å². The normalized spacial score (nSPS) is 20.2. The number of amides is 1. The van der Waals surface area contributed by atoms with Crippen LogP contribution in [0.15, 0.2) is 45.1 Å². The standard InChI is InChI=1S/C16H18N6O3S2/c1-16(2)10-21(15(23)11-8-17-18-9-11)5-6-22(16)27(24,25)12-3-4-13-14(7-12)20-26-19-13/h3-4,7-8H,5-6,9-10H2,1-2H3. The lowest BCUT2D eigenvalue weighted by Crippen LogP contribution is -2.62. The minimum absolute atomic E-state index is 0.139. The molecule has 0 unspecified atom stereocenters. The van der Waals surface area contributed by atoms with E-state index in [1.165, 1.54) is 10.5 Å². The second kappa shape index (κ2) is 6.43. The molecular weight excluding hydrogens is 388 g/mol. The maximum absolute atomic E-state index is 13.2. The van der Waals surface area contributed by atoms with E-state index in [4.69, 9.17) is 0 Å². The molecule has 0 N–H and O–H groups in total.